The maximum absolute atomic E-state index is 13.1. The van der Waals surface area contributed by atoms with Crippen LogP contribution in [0.2, 0.25) is 0 Å². The third-order valence-electron chi connectivity index (χ3n) is 2.59. The Balaban J connectivity index is 1.97. The summed E-state index contributed by atoms with van der Waals surface area (Å²) < 4.78 is 18.0. The van der Waals surface area contributed by atoms with Gasteiger partial charge in [-0.1, -0.05) is 12.1 Å². The molecule has 1 amide bonds. The van der Waals surface area contributed by atoms with Gasteiger partial charge in [-0.15, -0.1) is 11.3 Å². The number of thiazole rings is 1. The molecule has 1 aromatic carbocycles. The molecule has 4 nitrogen and oxygen atoms in total. The first kappa shape index (κ1) is 14.6. The van der Waals surface area contributed by atoms with Crippen LogP contribution in [0.15, 0.2) is 29.6 Å². The van der Waals surface area contributed by atoms with Crippen molar-refractivity contribution in [3.8, 4) is 10.6 Å². The molecule has 106 valence electrons. The molecule has 1 N–H and O–H groups in total. The van der Waals surface area contributed by atoms with E-state index in [1.807, 2.05) is 5.38 Å². The van der Waals surface area contributed by atoms with Gasteiger partial charge in [0.1, 0.15) is 10.8 Å². The number of methoxy groups -OCH3 is 1. The lowest BCUT2D eigenvalue weighted by molar-refractivity contribution is -0.120. The van der Waals surface area contributed by atoms with Gasteiger partial charge in [-0.2, -0.15) is 0 Å². The van der Waals surface area contributed by atoms with E-state index in [9.17, 15) is 9.18 Å². The number of hydrogen-bond donors (Lipinski definition) is 1. The van der Waals surface area contributed by atoms with Crippen molar-refractivity contribution in [2.45, 2.75) is 6.42 Å². The van der Waals surface area contributed by atoms with Crippen molar-refractivity contribution >= 4 is 17.2 Å². The van der Waals surface area contributed by atoms with E-state index in [0.717, 1.165) is 5.56 Å². The third-order valence-corrected chi connectivity index (χ3v) is 3.53. The second-order valence-electron chi connectivity index (χ2n) is 4.17. The summed E-state index contributed by atoms with van der Waals surface area (Å²) in [7, 11) is 1.58. The van der Waals surface area contributed by atoms with E-state index in [4.69, 9.17) is 4.74 Å². The molecule has 0 fully saturated rings. The third kappa shape index (κ3) is 4.11. The van der Waals surface area contributed by atoms with E-state index in [0.29, 0.717) is 23.9 Å². The van der Waals surface area contributed by atoms with Crippen LogP contribution in [0.4, 0.5) is 4.39 Å². The molecule has 0 radical (unpaired) electrons. The summed E-state index contributed by atoms with van der Waals surface area (Å²) in [6.45, 7) is 0.966. The molecule has 0 aliphatic heterocycles. The molecule has 0 atom stereocenters. The van der Waals surface area contributed by atoms with Gasteiger partial charge in [0, 0.05) is 24.6 Å². The topological polar surface area (TPSA) is 51.2 Å². The van der Waals surface area contributed by atoms with Gasteiger partial charge in [-0.05, 0) is 12.1 Å². The van der Waals surface area contributed by atoms with Crippen LogP contribution in [0.5, 0.6) is 0 Å². The number of ether oxygens (including phenoxy) is 1. The summed E-state index contributed by atoms with van der Waals surface area (Å²) in [5.74, 6) is -0.394. The fourth-order valence-electron chi connectivity index (χ4n) is 1.66. The van der Waals surface area contributed by atoms with E-state index in [1.54, 1.807) is 19.2 Å². The van der Waals surface area contributed by atoms with Crippen molar-refractivity contribution < 1.29 is 13.9 Å². The van der Waals surface area contributed by atoms with Gasteiger partial charge in [0.15, 0.2) is 0 Å². The molecular formula is C14H15FN2O2S. The summed E-state index contributed by atoms with van der Waals surface area (Å²) in [6.07, 6.45) is 0.218. The number of benzene rings is 1. The van der Waals surface area contributed by atoms with Crippen LogP contribution in [0, 0.1) is 5.82 Å². The molecule has 6 heteroatoms. The number of carbonyl (C=O) groups is 1. The minimum absolute atomic E-state index is 0.0989. The Morgan fingerprint density at radius 3 is 3.10 bits per heavy atom. The summed E-state index contributed by atoms with van der Waals surface area (Å²) in [4.78, 5) is 16.0. The first-order valence-electron chi connectivity index (χ1n) is 6.15. The first-order valence-corrected chi connectivity index (χ1v) is 7.03. The minimum atomic E-state index is -0.295. The number of rotatable bonds is 6. The maximum Gasteiger partial charge on any atom is 0.226 e. The number of aromatic nitrogens is 1. The van der Waals surface area contributed by atoms with Crippen LogP contribution in [0.25, 0.3) is 10.6 Å². The largest absolute Gasteiger partial charge is 0.383 e. The van der Waals surface area contributed by atoms with Crippen molar-refractivity contribution in [2.75, 3.05) is 20.3 Å². The minimum Gasteiger partial charge on any atom is -0.383 e. The fourth-order valence-corrected chi connectivity index (χ4v) is 2.48. The average molecular weight is 294 g/mol. The van der Waals surface area contributed by atoms with Crippen LogP contribution in [0.3, 0.4) is 0 Å². The highest BCUT2D eigenvalue weighted by Gasteiger charge is 2.09. The SMILES string of the molecule is COCCNC(=O)Cc1csc(-c2cccc(F)c2)n1. The Bertz CT molecular complexity index is 586. The van der Waals surface area contributed by atoms with Crippen LogP contribution in [-0.4, -0.2) is 31.2 Å². The molecule has 1 heterocycles. The average Bonchev–Trinajstić information content (AvgIpc) is 2.87. The van der Waals surface area contributed by atoms with Crippen molar-refractivity contribution in [1.82, 2.24) is 10.3 Å². The molecule has 0 unspecified atom stereocenters. The van der Waals surface area contributed by atoms with Crippen LogP contribution in [-0.2, 0) is 16.0 Å². The Kier molecular flexibility index (Phi) is 5.20. The number of amides is 1. The van der Waals surface area contributed by atoms with Crippen LogP contribution in [0.1, 0.15) is 5.69 Å². The van der Waals surface area contributed by atoms with E-state index in [2.05, 4.69) is 10.3 Å². The van der Waals surface area contributed by atoms with Gasteiger partial charge in [0.05, 0.1) is 18.7 Å². The molecule has 0 aliphatic carbocycles. The lowest BCUT2D eigenvalue weighted by atomic mass is 10.2. The number of carbonyl (C=O) groups excluding carboxylic acids is 1. The molecule has 2 rings (SSSR count). The molecule has 1 aromatic heterocycles. The zero-order valence-electron chi connectivity index (χ0n) is 11.1. The van der Waals surface area contributed by atoms with Gasteiger partial charge < -0.3 is 10.1 Å². The number of nitrogens with zero attached hydrogens (tertiary/aromatic N) is 1. The maximum atomic E-state index is 13.1. The number of hydrogen-bond acceptors (Lipinski definition) is 4. The Morgan fingerprint density at radius 1 is 1.50 bits per heavy atom. The lowest BCUT2D eigenvalue weighted by Gasteiger charge is -2.02. The smallest absolute Gasteiger partial charge is 0.226 e. The van der Waals surface area contributed by atoms with Crippen LogP contribution < -0.4 is 5.32 Å². The molecule has 2 aromatic rings. The first-order chi connectivity index (χ1) is 9.69. The van der Waals surface area contributed by atoms with Gasteiger partial charge in [0.2, 0.25) is 5.91 Å². The van der Waals surface area contributed by atoms with Gasteiger partial charge >= 0.3 is 0 Å². The predicted molar refractivity (Wildman–Crippen MR) is 76.1 cm³/mol. The van der Waals surface area contributed by atoms with Crippen molar-refractivity contribution in [1.29, 1.82) is 0 Å². The monoisotopic (exact) mass is 294 g/mol. The van der Waals surface area contributed by atoms with Gasteiger partial charge in [-0.25, -0.2) is 9.37 Å². The van der Waals surface area contributed by atoms with Crippen molar-refractivity contribution in [3.63, 3.8) is 0 Å². The van der Waals surface area contributed by atoms with E-state index in [1.165, 1.54) is 23.5 Å². The van der Waals surface area contributed by atoms with Crippen molar-refractivity contribution in [2.24, 2.45) is 0 Å². The highest BCUT2D eigenvalue weighted by Crippen LogP contribution is 2.24. The van der Waals surface area contributed by atoms with Crippen molar-refractivity contribution in [3.05, 3.63) is 41.2 Å². The zero-order chi connectivity index (χ0) is 14.4. The Morgan fingerprint density at radius 2 is 2.35 bits per heavy atom. The lowest BCUT2D eigenvalue weighted by Crippen LogP contribution is -2.28. The summed E-state index contributed by atoms with van der Waals surface area (Å²) in [5, 5.41) is 5.26. The summed E-state index contributed by atoms with van der Waals surface area (Å²) in [5.41, 5.74) is 1.41. The Labute approximate surface area is 120 Å². The van der Waals surface area contributed by atoms with Gasteiger partial charge in [-0.3, -0.25) is 4.79 Å². The Hall–Kier alpha value is -1.79. The number of halogens is 1. The van der Waals surface area contributed by atoms with E-state index >= 15 is 0 Å². The van der Waals surface area contributed by atoms with Crippen LogP contribution >= 0.6 is 11.3 Å². The van der Waals surface area contributed by atoms with E-state index in [-0.39, 0.29) is 18.1 Å². The fraction of sp³-hybridized carbons (Fsp3) is 0.286. The second kappa shape index (κ2) is 7.12. The molecule has 0 saturated carbocycles. The van der Waals surface area contributed by atoms with E-state index < -0.39 is 0 Å². The molecule has 0 bridgehead atoms. The predicted octanol–water partition coefficient (Wildman–Crippen LogP) is 2.25. The quantitative estimate of drug-likeness (QED) is 0.831. The second-order valence-corrected chi connectivity index (χ2v) is 5.03. The molecule has 0 aliphatic rings. The highest BCUT2D eigenvalue weighted by molar-refractivity contribution is 7.13. The summed E-state index contributed by atoms with van der Waals surface area (Å²) >= 11 is 1.40. The zero-order valence-corrected chi connectivity index (χ0v) is 11.9. The standard InChI is InChI=1S/C14H15FN2O2S/c1-19-6-5-16-13(18)8-12-9-20-14(17-12)10-3-2-4-11(15)7-10/h2-4,7,9H,5-6,8H2,1H3,(H,16,18). The normalized spacial score (nSPS) is 10.5. The molecule has 20 heavy (non-hydrogen) atoms. The number of nitrogens with one attached hydrogen (secondary N) is 1. The van der Waals surface area contributed by atoms with Gasteiger partial charge in [0.25, 0.3) is 0 Å². The molecular weight excluding hydrogens is 279 g/mol. The molecule has 0 saturated heterocycles. The highest BCUT2D eigenvalue weighted by atomic mass is 32.1. The summed E-state index contributed by atoms with van der Waals surface area (Å²) in [6, 6.07) is 6.26. The molecule has 0 spiro atoms.